The van der Waals surface area contributed by atoms with Gasteiger partial charge in [-0.15, -0.1) is 6.58 Å². The van der Waals surface area contributed by atoms with Crippen molar-refractivity contribution in [2.24, 2.45) is 0 Å². The summed E-state index contributed by atoms with van der Waals surface area (Å²) in [5.41, 5.74) is 5.19. The van der Waals surface area contributed by atoms with E-state index in [0.717, 1.165) is 16.7 Å². The van der Waals surface area contributed by atoms with Gasteiger partial charge in [-0.2, -0.15) is 0 Å². The maximum Gasteiger partial charge on any atom is 0.130 e. The number of allylic oxidation sites excluding steroid dienone is 1. The molecule has 0 aliphatic carbocycles. The quantitative estimate of drug-likeness (QED) is 0.553. The molecule has 124 valence electrons. The Morgan fingerprint density at radius 3 is 1.77 bits per heavy atom. The van der Waals surface area contributed by atoms with Crippen molar-refractivity contribution in [3.63, 3.8) is 0 Å². The molecule has 0 spiro atoms. The highest BCUT2D eigenvalue weighted by molar-refractivity contribution is 5.54. The van der Waals surface area contributed by atoms with Gasteiger partial charge in [0.05, 0.1) is 0 Å². The standard InChI is InChI=1S/C21H33F/c1-11-12-15-18(21(8,9)10)17(20(5,6)7)14(4)16(13(2)3)19(15)22/h11,13H,1,12H2,2-10H3. The van der Waals surface area contributed by atoms with E-state index in [2.05, 4.69) is 68.9 Å². The molecule has 0 radical (unpaired) electrons. The van der Waals surface area contributed by atoms with Crippen LogP contribution in [0.2, 0.25) is 0 Å². The van der Waals surface area contributed by atoms with Gasteiger partial charge in [-0.05, 0) is 57.9 Å². The van der Waals surface area contributed by atoms with Gasteiger partial charge in [-0.25, -0.2) is 4.39 Å². The largest absolute Gasteiger partial charge is 0.206 e. The van der Waals surface area contributed by atoms with Crippen LogP contribution < -0.4 is 0 Å². The second-order valence-electron chi connectivity index (χ2n) is 8.73. The van der Waals surface area contributed by atoms with Crippen LogP contribution in [-0.4, -0.2) is 0 Å². The van der Waals surface area contributed by atoms with Crippen molar-refractivity contribution in [2.75, 3.05) is 0 Å². The second-order valence-corrected chi connectivity index (χ2v) is 8.73. The van der Waals surface area contributed by atoms with E-state index < -0.39 is 0 Å². The van der Waals surface area contributed by atoms with Crippen LogP contribution in [0.5, 0.6) is 0 Å². The summed E-state index contributed by atoms with van der Waals surface area (Å²) in [7, 11) is 0. The summed E-state index contributed by atoms with van der Waals surface area (Å²) in [5, 5.41) is 0. The van der Waals surface area contributed by atoms with Crippen LogP contribution in [0.3, 0.4) is 0 Å². The van der Waals surface area contributed by atoms with Crippen molar-refractivity contribution < 1.29 is 4.39 Å². The number of benzene rings is 1. The summed E-state index contributed by atoms with van der Waals surface area (Å²) in [6.45, 7) is 23.3. The molecule has 0 atom stereocenters. The van der Waals surface area contributed by atoms with E-state index in [4.69, 9.17) is 0 Å². The van der Waals surface area contributed by atoms with E-state index in [9.17, 15) is 0 Å². The highest BCUT2D eigenvalue weighted by atomic mass is 19.1. The highest BCUT2D eigenvalue weighted by Gasteiger charge is 2.33. The van der Waals surface area contributed by atoms with E-state index >= 15 is 4.39 Å². The molecule has 0 heterocycles. The predicted octanol–water partition coefficient (Wildman–Crippen LogP) is 6.58. The molecular formula is C21H33F. The molecule has 1 aromatic carbocycles. The van der Waals surface area contributed by atoms with Gasteiger partial charge in [-0.3, -0.25) is 0 Å². The summed E-state index contributed by atoms with van der Waals surface area (Å²) < 4.78 is 15.3. The molecule has 0 aliphatic rings. The van der Waals surface area contributed by atoms with Crippen molar-refractivity contribution in [1.29, 1.82) is 0 Å². The van der Waals surface area contributed by atoms with Crippen molar-refractivity contribution >= 4 is 0 Å². The summed E-state index contributed by atoms with van der Waals surface area (Å²) in [6, 6.07) is 0. The summed E-state index contributed by atoms with van der Waals surface area (Å²) >= 11 is 0. The monoisotopic (exact) mass is 304 g/mol. The molecule has 0 saturated heterocycles. The van der Waals surface area contributed by atoms with Crippen molar-refractivity contribution in [3.05, 3.63) is 46.3 Å². The molecule has 1 heteroatoms. The Kier molecular flexibility index (Phi) is 5.32. The zero-order chi connectivity index (χ0) is 17.5. The van der Waals surface area contributed by atoms with Gasteiger partial charge in [0.1, 0.15) is 5.82 Å². The molecule has 1 aromatic rings. The van der Waals surface area contributed by atoms with Crippen LogP contribution in [0.15, 0.2) is 12.7 Å². The molecule has 0 aliphatic heterocycles. The van der Waals surface area contributed by atoms with Gasteiger partial charge in [-0.1, -0.05) is 61.5 Å². The fourth-order valence-corrected chi connectivity index (χ4v) is 3.70. The molecule has 0 bridgehead atoms. The minimum atomic E-state index is -0.0952. The van der Waals surface area contributed by atoms with Crippen molar-refractivity contribution in [2.45, 2.75) is 85.5 Å². The first-order valence-corrected chi connectivity index (χ1v) is 8.30. The normalized spacial score (nSPS) is 12.9. The predicted molar refractivity (Wildman–Crippen MR) is 96.5 cm³/mol. The van der Waals surface area contributed by atoms with Crippen molar-refractivity contribution in [3.8, 4) is 0 Å². The third kappa shape index (κ3) is 3.45. The van der Waals surface area contributed by atoms with E-state index in [0.29, 0.717) is 6.42 Å². The number of halogens is 1. The SMILES string of the molecule is C=CCc1c(F)c(C(C)C)c(C)c(C(C)(C)C)c1C(C)(C)C. The Morgan fingerprint density at radius 2 is 1.45 bits per heavy atom. The Labute approximate surface area is 136 Å². The second kappa shape index (κ2) is 6.18. The Morgan fingerprint density at radius 1 is 1.00 bits per heavy atom. The third-order valence-electron chi connectivity index (χ3n) is 4.26. The zero-order valence-electron chi connectivity index (χ0n) is 15.9. The topological polar surface area (TPSA) is 0 Å². The van der Waals surface area contributed by atoms with E-state index in [-0.39, 0.29) is 22.6 Å². The Balaban J connectivity index is 4.07. The lowest BCUT2D eigenvalue weighted by molar-refractivity contribution is 0.501. The summed E-state index contributed by atoms with van der Waals surface area (Å²) in [4.78, 5) is 0. The van der Waals surface area contributed by atoms with E-state index in [1.807, 2.05) is 6.08 Å². The molecule has 0 fully saturated rings. The van der Waals surface area contributed by atoms with Crippen LogP contribution in [0, 0.1) is 12.7 Å². The van der Waals surface area contributed by atoms with Gasteiger partial charge in [0, 0.05) is 0 Å². The maximum atomic E-state index is 15.3. The average Bonchev–Trinajstić information content (AvgIpc) is 2.28. The van der Waals surface area contributed by atoms with Gasteiger partial charge in [0.2, 0.25) is 0 Å². The van der Waals surface area contributed by atoms with Crippen LogP contribution in [-0.2, 0) is 17.3 Å². The summed E-state index contributed by atoms with van der Waals surface area (Å²) in [5.74, 6) is 0.156. The number of rotatable bonds is 3. The molecule has 0 nitrogen and oxygen atoms in total. The fourth-order valence-electron chi connectivity index (χ4n) is 3.70. The molecule has 22 heavy (non-hydrogen) atoms. The van der Waals surface area contributed by atoms with Crippen LogP contribution >= 0.6 is 0 Å². The maximum absolute atomic E-state index is 15.3. The first-order valence-electron chi connectivity index (χ1n) is 8.30. The minimum Gasteiger partial charge on any atom is -0.206 e. The van der Waals surface area contributed by atoms with Gasteiger partial charge < -0.3 is 0 Å². The first kappa shape index (κ1) is 18.9. The molecule has 0 N–H and O–H groups in total. The lowest BCUT2D eigenvalue weighted by Gasteiger charge is -2.36. The first-order chi connectivity index (χ1) is 9.84. The van der Waals surface area contributed by atoms with Gasteiger partial charge in [0.25, 0.3) is 0 Å². The lowest BCUT2D eigenvalue weighted by Crippen LogP contribution is -2.27. The Hall–Kier alpha value is -1.11. The van der Waals surface area contributed by atoms with Gasteiger partial charge >= 0.3 is 0 Å². The number of hydrogen-bond donors (Lipinski definition) is 0. The average molecular weight is 304 g/mol. The molecule has 0 saturated carbocycles. The van der Waals surface area contributed by atoms with E-state index in [1.165, 1.54) is 11.1 Å². The van der Waals surface area contributed by atoms with Crippen LogP contribution in [0.1, 0.15) is 89.1 Å². The smallest absolute Gasteiger partial charge is 0.130 e. The van der Waals surface area contributed by atoms with Crippen LogP contribution in [0.4, 0.5) is 4.39 Å². The third-order valence-corrected chi connectivity index (χ3v) is 4.26. The van der Waals surface area contributed by atoms with Crippen molar-refractivity contribution in [1.82, 2.24) is 0 Å². The summed E-state index contributed by atoms with van der Waals surface area (Å²) in [6.07, 6.45) is 2.40. The molecule has 0 amide bonds. The number of hydrogen-bond acceptors (Lipinski definition) is 0. The molecule has 1 rings (SSSR count). The minimum absolute atomic E-state index is 0.0139. The fraction of sp³-hybridized carbons (Fsp3) is 0.619. The zero-order valence-corrected chi connectivity index (χ0v) is 15.9. The van der Waals surface area contributed by atoms with E-state index in [1.54, 1.807) is 0 Å². The Bertz CT molecular complexity index is 563. The van der Waals surface area contributed by atoms with Gasteiger partial charge in [0.15, 0.2) is 0 Å². The molecule has 0 aromatic heterocycles. The highest BCUT2D eigenvalue weighted by Crippen LogP contribution is 2.43. The lowest BCUT2D eigenvalue weighted by atomic mass is 9.69. The molecule has 0 unspecified atom stereocenters. The molecular weight excluding hydrogens is 271 g/mol. The van der Waals surface area contributed by atoms with Crippen LogP contribution in [0.25, 0.3) is 0 Å².